The van der Waals surface area contributed by atoms with Gasteiger partial charge in [0.1, 0.15) is 5.76 Å². The zero-order valence-corrected chi connectivity index (χ0v) is 18.9. The lowest BCUT2D eigenvalue weighted by Crippen LogP contribution is -2.30. The van der Waals surface area contributed by atoms with E-state index in [0.29, 0.717) is 24.3 Å². The number of carbonyl (C=O) groups is 2. The van der Waals surface area contributed by atoms with Crippen LogP contribution in [0.5, 0.6) is 0 Å². The maximum absolute atomic E-state index is 13.2. The molecule has 1 amide bonds. The number of para-hydroxylation sites is 1. The molecule has 1 aliphatic rings. The molecule has 5 rings (SSSR count). The van der Waals surface area contributed by atoms with Gasteiger partial charge in [-0.15, -0.1) is 11.3 Å². The number of allylic oxidation sites excluding steroid dienone is 1. The predicted molar refractivity (Wildman–Crippen MR) is 128 cm³/mol. The van der Waals surface area contributed by atoms with Crippen molar-refractivity contribution in [3.63, 3.8) is 0 Å². The molecule has 6 nitrogen and oxygen atoms in total. The van der Waals surface area contributed by atoms with Crippen LogP contribution in [-0.2, 0) is 22.5 Å². The number of amides is 1. The fourth-order valence-electron chi connectivity index (χ4n) is 4.09. The molecule has 1 aliphatic carbocycles. The van der Waals surface area contributed by atoms with E-state index in [-0.39, 0.29) is 12.5 Å². The Morgan fingerprint density at radius 2 is 2.03 bits per heavy atom. The first-order valence-electron chi connectivity index (χ1n) is 10.7. The van der Waals surface area contributed by atoms with Gasteiger partial charge in [0.2, 0.25) is 0 Å². The standard InChI is InChI=1S/C26H22N2O4S/c1-28(15-18-6-4-12-31-18)23(29)16-32-26(30)24-20-8-2-3-9-22(20)27-25-17(10-11-21(24)25)14-19-7-5-13-33-19/h2-9,12-14H,10-11,15-16H2,1H3/b17-14+. The number of aromatic nitrogens is 1. The average molecular weight is 459 g/mol. The molecule has 0 radical (unpaired) electrons. The van der Waals surface area contributed by atoms with E-state index in [1.165, 1.54) is 4.90 Å². The number of ether oxygens (including phenoxy) is 1. The molecule has 3 aromatic heterocycles. The normalized spacial score (nSPS) is 13.9. The third-order valence-electron chi connectivity index (χ3n) is 5.73. The Balaban J connectivity index is 1.42. The molecular weight excluding hydrogens is 436 g/mol. The number of likely N-dealkylation sites (N-methyl/N-ethyl adjacent to an activating group) is 1. The first-order chi connectivity index (χ1) is 16.1. The Labute approximate surface area is 195 Å². The van der Waals surface area contributed by atoms with E-state index in [0.717, 1.165) is 39.0 Å². The van der Waals surface area contributed by atoms with Gasteiger partial charge in [-0.3, -0.25) is 4.79 Å². The topological polar surface area (TPSA) is 72.6 Å². The van der Waals surface area contributed by atoms with Crippen LogP contribution in [0.15, 0.2) is 64.6 Å². The van der Waals surface area contributed by atoms with Crippen molar-refractivity contribution in [2.45, 2.75) is 19.4 Å². The van der Waals surface area contributed by atoms with Gasteiger partial charge in [0.25, 0.3) is 5.91 Å². The molecule has 3 heterocycles. The minimum Gasteiger partial charge on any atom is -0.467 e. The smallest absolute Gasteiger partial charge is 0.339 e. The number of carbonyl (C=O) groups excluding carboxylic acids is 2. The number of nitrogens with zero attached hydrogens (tertiary/aromatic N) is 2. The monoisotopic (exact) mass is 458 g/mol. The van der Waals surface area contributed by atoms with E-state index >= 15 is 0 Å². The third-order valence-corrected chi connectivity index (χ3v) is 6.55. The molecule has 1 aromatic carbocycles. The SMILES string of the molecule is CN(Cc1ccco1)C(=O)COC(=O)c1c2c(nc3ccccc13)/C(=C/c1cccs1)CC2. The van der Waals surface area contributed by atoms with E-state index in [9.17, 15) is 9.59 Å². The van der Waals surface area contributed by atoms with Gasteiger partial charge in [-0.2, -0.15) is 0 Å². The maximum atomic E-state index is 13.2. The lowest BCUT2D eigenvalue weighted by molar-refractivity contribution is -0.133. The highest BCUT2D eigenvalue weighted by atomic mass is 32.1. The minimum atomic E-state index is -0.498. The van der Waals surface area contributed by atoms with Crippen LogP contribution < -0.4 is 0 Å². The summed E-state index contributed by atoms with van der Waals surface area (Å²) in [5.74, 6) is -0.129. The predicted octanol–water partition coefficient (Wildman–Crippen LogP) is 5.19. The second kappa shape index (κ2) is 9.03. The lowest BCUT2D eigenvalue weighted by Gasteiger charge is -2.16. The second-order valence-corrected chi connectivity index (χ2v) is 8.90. The van der Waals surface area contributed by atoms with E-state index < -0.39 is 5.97 Å². The summed E-state index contributed by atoms with van der Waals surface area (Å²) in [4.78, 5) is 33.2. The molecule has 166 valence electrons. The summed E-state index contributed by atoms with van der Waals surface area (Å²) in [6.45, 7) is -0.0206. The number of rotatable bonds is 6. The quantitative estimate of drug-likeness (QED) is 0.372. The summed E-state index contributed by atoms with van der Waals surface area (Å²) in [5.41, 5.74) is 4.09. The van der Waals surface area contributed by atoms with Crippen LogP contribution in [0.25, 0.3) is 22.6 Å². The maximum Gasteiger partial charge on any atom is 0.339 e. The number of fused-ring (bicyclic) bond motifs is 2. The zero-order chi connectivity index (χ0) is 22.8. The van der Waals surface area contributed by atoms with Crippen molar-refractivity contribution < 1.29 is 18.7 Å². The highest BCUT2D eigenvalue weighted by Gasteiger charge is 2.28. The van der Waals surface area contributed by atoms with Gasteiger partial charge in [-0.05, 0) is 59.7 Å². The van der Waals surface area contributed by atoms with Crippen molar-refractivity contribution >= 4 is 45.8 Å². The molecule has 0 fully saturated rings. The Kier molecular flexibility index (Phi) is 5.79. The third kappa shape index (κ3) is 4.32. The molecule has 0 saturated carbocycles. The Morgan fingerprint density at radius 3 is 2.82 bits per heavy atom. The molecule has 0 bridgehead atoms. The second-order valence-electron chi connectivity index (χ2n) is 7.92. The van der Waals surface area contributed by atoms with E-state index in [2.05, 4.69) is 12.1 Å². The van der Waals surface area contributed by atoms with E-state index in [1.807, 2.05) is 35.7 Å². The van der Waals surface area contributed by atoms with Crippen molar-refractivity contribution in [2.24, 2.45) is 0 Å². The van der Waals surface area contributed by atoms with E-state index in [1.54, 1.807) is 36.8 Å². The van der Waals surface area contributed by atoms with Crippen molar-refractivity contribution in [3.8, 4) is 0 Å². The van der Waals surface area contributed by atoms with Crippen LogP contribution in [0.4, 0.5) is 0 Å². The van der Waals surface area contributed by atoms with Crippen LogP contribution in [0.1, 0.15) is 38.7 Å². The van der Waals surface area contributed by atoms with Gasteiger partial charge < -0.3 is 14.1 Å². The number of pyridine rings is 1. The van der Waals surface area contributed by atoms with Crippen molar-refractivity contribution in [2.75, 3.05) is 13.7 Å². The summed E-state index contributed by atoms with van der Waals surface area (Å²) in [5, 5.41) is 2.79. The van der Waals surface area contributed by atoms with Gasteiger partial charge >= 0.3 is 5.97 Å². The summed E-state index contributed by atoms with van der Waals surface area (Å²) >= 11 is 1.67. The molecule has 33 heavy (non-hydrogen) atoms. The van der Waals surface area contributed by atoms with Crippen molar-refractivity contribution in [3.05, 3.63) is 87.6 Å². The average Bonchev–Trinajstić information content (AvgIpc) is 3.59. The summed E-state index contributed by atoms with van der Waals surface area (Å²) in [7, 11) is 1.65. The van der Waals surface area contributed by atoms with Crippen LogP contribution >= 0.6 is 11.3 Å². The molecule has 0 atom stereocenters. The largest absolute Gasteiger partial charge is 0.467 e. The van der Waals surface area contributed by atoms with Gasteiger partial charge in [-0.1, -0.05) is 24.3 Å². The number of esters is 1. The van der Waals surface area contributed by atoms with Gasteiger partial charge in [0.15, 0.2) is 6.61 Å². The van der Waals surface area contributed by atoms with Gasteiger partial charge in [0.05, 0.1) is 29.6 Å². The summed E-state index contributed by atoms with van der Waals surface area (Å²) < 4.78 is 10.8. The lowest BCUT2D eigenvalue weighted by atomic mass is 10.0. The van der Waals surface area contributed by atoms with Crippen molar-refractivity contribution in [1.29, 1.82) is 0 Å². The molecule has 0 N–H and O–H groups in total. The fraction of sp³-hybridized carbons (Fsp3) is 0.192. The van der Waals surface area contributed by atoms with Gasteiger partial charge in [-0.25, -0.2) is 9.78 Å². The number of furan rings is 1. The fourth-order valence-corrected chi connectivity index (χ4v) is 4.77. The molecule has 0 spiro atoms. The highest BCUT2D eigenvalue weighted by Crippen LogP contribution is 2.38. The summed E-state index contributed by atoms with van der Waals surface area (Å²) in [6.07, 6.45) is 5.22. The Hall–Kier alpha value is -3.71. The van der Waals surface area contributed by atoms with Crippen LogP contribution in [0, 0.1) is 0 Å². The van der Waals surface area contributed by atoms with E-state index in [4.69, 9.17) is 14.1 Å². The molecule has 0 unspecified atom stereocenters. The zero-order valence-electron chi connectivity index (χ0n) is 18.1. The van der Waals surface area contributed by atoms with Crippen LogP contribution in [-0.4, -0.2) is 35.4 Å². The highest BCUT2D eigenvalue weighted by molar-refractivity contribution is 7.10. The van der Waals surface area contributed by atoms with Crippen molar-refractivity contribution in [1.82, 2.24) is 9.88 Å². The first-order valence-corrected chi connectivity index (χ1v) is 11.6. The Morgan fingerprint density at radius 1 is 1.15 bits per heavy atom. The molecule has 0 aliphatic heterocycles. The van der Waals surface area contributed by atoms with Gasteiger partial charge in [0, 0.05) is 17.3 Å². The number of thiophene rings is 1. The molecule has 0 saturated heterocycles. The molecule has 7 heteroatoms. The number of benzene rings is 1. The van der Waals surface area contributed by atoms with Crippen LogP contribution in [0.2, 0.25) is 0 Å². The minimum absolute atomic E-state index is 0.298. The Bertz CT molecular complexity index is 1340. The number of hydrogen-bond donors (Lipinski definition) is 0. The van der Waals surface area contributed by atoms with Crippen LogP contribution in [0.3, 0.4) is 0 Å². The molecular formula is C26H22N2O4S. The first kappa shape index (κ1) is 21.2. The molecule has 4 aromatic rings. The summed E-state index contributed by atoms with van der Waals surface area (Å²) in [6, 6.07) is 15.2. The number of hydrogen-bond acceptors (Lipinski definition) is 6.